The first-order valence-electron chi connectivity index (χ1n) is 5.58. The molecule has 0 bridgehead atoms. The molecule has 0 aliphatic carbocycles. The molecule has 4 heteroatoms. The van der Waals surface area contributed by atoms with Crippen LogP contribution in [-0.2, 0) is 6.54 Å². The summed E-state index contributed by atoms with van der Waals surface area (Å²) in [6, 6.07) is 2.15. The number of hydrogen-bond donors (Lipinski definition) is 2. The molecular formula is C12H20BrNOS. The normalized spacial score (nSPS) is 12.0. The molecule has 1 heterocycles. The average Bonchev–Trinajstić information content (AvgIpc) is 2.61. The SMILES string of the molecule is CC(C)(CCCO)CNCc1csc(Br)c1. The Labute approximate surface area is 110 Å². The predicted octanol–water partition coefficient (Wildman–Crippen LogP) is 3.40. The highest BCUT2D eigenvalue weighted by Crippen LogP contribution is 2.22. The Morgan fingerprint density at radius 1 is 1.50 bits per heavy atom. The highest BCUT2D eigenvalue weighted by Gasteiger charge is 2.16. The van der Waals surface area contributed by atoms with Crippen LogP contribution in [0, 0.1) is 5.41 Å². The molecule has 0 saturated carbocycles. The summed E-state index contributed by atoms with van der Waals surface area (Å²) in [5, 5.41) is 14.4. The smallest absolute Gasteiger partial charge is 0.0701 e. The average molecular weight is 306 g/mol. The molecule has 0 saturated heterocycles. The van der Waals surface area contributed by atoms with Crippen molar-refractivity contribution in [2.24, 2.45) is 5.41 Å². The number of hydrogen-bond acceptors (Lipinski definition) is 3. The third-order valence-electron chi connectivity index (χ3n) is 2.57. The summed E-state index contributed by atoms with van der Waals surface area (Å²) in [6.45, 7) is 6.67. The largest absolute Gasteiger partial charge is 0.396 e. The monoisotopic (exact) mass is 305 g/mol. The molecule has 0 aromatic carbocycles. The van der Waals surface area contributed by atoms with Crippen molar-refractivity contribution in [2.45, 2.75) is 33.2 Å². The van der Waals surface area contributed by atoms with Gasteiger partial charge in [0.05, 0.1) is 3.79 Å². The van der Waals surface area contributed by atoms with Crippen LogP contribution >= 0.6 is 27.3 Å². The van der Waals surface area contributed by atoms with Gasteiger partial charge in [-0.05, 0) is 51.2 Å². The lowest BCUT2D eigenvalue weighted by atomic mass is 9.88. The fourth-order valence-electron chi connectivity index (χ4n) is 1.63. The summed E-state index contributed by atoms with van der Waals surface area (Å²) in [7, 11) is 0. The molecule has 0 spiro atoms. The molecule has 92 valence electrons. The second-order valence-corrected chi connectivity index (χ2v) is 7.14. The Balaban J connectivity index is 2.24. The number of nitrogens with one attached hydrogen (secondary N) is 1. The maximum absolute atomic E-state index is 8.81. The lowest BCUT2D eigenvalue weighted by Gasteiger charge is -2.24. The minimum absolute atomic E-state index is 0.260. The zero-order valence-corrected chi connectivity index (χ0v) is 12.3. The summed E-state index contributed by atoms with van der Waals surface area (Å²) < 4.78 is 1.18. The molecule has 0 radical (unpaired) electrons. The minimum Gasteiger partial charge on any atom is -0.396 e. The van der Waals surface area contributed by atoms with Gasteiger partial charge < -0.3 is 10.4 Å². The van der Waals surface area contributed by atoms with E-state index in [2.05, 4.69) is 46.5 Å². The first-order valence-corrected chi connectivity index (χ1v) is 7.25. The van der Waals surface area contributed by atoms with Gasteiger partial charge in [0, 0.05) is 19.7 Å². The molecule has 1 aromatic heterocycles. The zero-order chi connectivity index (χ0) is 12.0. The van der Waals surface area contributed by atoms with Gasteiger partial charge in [0.1, 0.15) is 0 Å². The van der Waals surface area contributed by atoms with E-state index in [1.54, 1.807) is 11.3 Å². The molecule has 1 rings (SSSR count). The minimum atomic E-state index is 0.260. The van der Waals surface area contributed by atoms with E-state index in [-0.39, 0.29) is 5.41 Å². The highest BCUT2D eigenvalue weighted by atomic mass is 79.9. The summed E-state index contributed by atoms with van der Waals surface area (Å²) in [5.41, 5.74) is 1.59. The van der Waals surface area contributed by atoms with Gasteiger partial charge in [-0.1, -0.05) is 13.8 Å². The van der Waals surface area contributed by atoms with Gasteiger partial charge in [-0.15, -0.1) is 11.3 Å². The van der Waals surface area contributed by atoms with Gasteiger partial charge in [-0.3, -0.25) is 0 Å². The van der Waals surface area contributed by atoms with E-state index in [9.17, 15) is 0 Å². The number of aliphatic hydroxyl groups excluding tert-OH is 1. The Morgan fingerprint density at radius 3 is 2.81 bits per heavy atom. The third kappa shape index (κ3) is 5.43. The molecule has 0 amide bonds. The number of halogens is 1. The van der Waals surface area contributed by atoms with Crippen molar-refractivity contribution in [2.75, 3.05) is 13.2 Å². The van der Waals surface area contributed by atoms with E-state index in [1.807, 2.05) is 0 Å². The molecular weight excluding hydrogens is 286 g/mol. The van der Waals surface area contributed by atoms with Gasteiger partial charge in [-0.25, -0.2) is 0 Å². The van der Waals surface area contributed by atoms with Crippen molar-refractivity contribution in [1.29, 1.82) is 0 Å². The van der Waals surface area contributed by atoms with Crippen LogP contribution in [0.2, 0.25) is 0 Å². The van der Waals surface area contributed by atoms with E-state index in [0.29, 0.717) is 6.61 Å². The summed E-state index contributed by atoms with van der Waals surface area (Å²) in [6.07, 6.45) is 1.95. The van der Waals surface area contributed by atoms with E-state index < -0.39 is 0 Å². The van der Waals surface area contributed by atoms with Crippen LogP contribution in [0.4, 0.5) is 0 Å². The van der Waals surface area contributed by atoms with Gasteiger partial charge in [0.2, 0.25) is 0 Å². The van der Waals surface area contributed by atoms with Crippen LogP contribution in [0.3, 0.4) is 0 Å². The van der Waals surface area contributed by atoms with Gasteiger partial charge in [0.15, 0.2) is 0 Å². The highest BCUT2D eigenvalue weighted by molar-refractivity contribution is 9.11. The molecule has 0 fully saturated rings. The first-order chi connectivity index (χ1) is 7.53. The Bertz CT molecular complexity index is 312. The van der Waals surface area contributed by atoms with Gasteiger partial charge in [-0.2, -0.15) is 0 Å². The molecule has 16 heavy (non-hydrogen) atoms. The molecule has 0 aliphatic heterocycles. The second kappa shape index (κ2) is 6.74. The Kier molecular flexibility index (Phi) is 5.97. The van der Waals surface area contributed by atoms with Crippen LogP contribution in [0.15, 0.2) is 15.2 Å². The second-order valence-electron chi connectivity index (χ2n) is 4.85. The van der Waals surface area contributed by atoms with Crippen molar-refractivity contribution < 1.29 is 5.11 Å². The van der Waals surface area contributed by atoms with Crippen LogP contribution < -0.4 is 5.32 Å². The van der Waals surface area contributed by atoms with E-state index in [1.165, 1.54) is 9.35 Å². The van der Waals surface area contributed by atoms with Crippen LogP contribution in [-0.4, -0.2) is 18.3 Å². The summed E-state index contributed by atoms with van der Waals surface area (Å²) in [5.74, 6) is 0. The Hall–Kier alpha value is 0.100. The maximum Gasteiger partial charge on any atom is 0.0701 e. The van der Waals surface area contributed by atoms with Gasteiger partial charge in [0.25, 0.3) is 0 Å². The van der Waals surface area contributed by atoms with Crippen molar-refractivity contribution in [3.63, 3.8) is 0 Å². The molecule has 0 atom stereocenters. The summed E-state index contributed by atoms with van der Waals surface area (Å²) >= 11 is 5.18. The molecule has 2 nitrogen and oxygen atoms in total. The van der Waals surface area contributed by atoms with Crippen LogP contribution in [0.1, 0.15) is 32.3 Å². The standard InChI is InChI=1S/C12H20BrNOS/c1-12(2,4-3-5-15)9-14-7-10-6-11(13)16-8-10/h6,8,14-15H,3-5,7,9H2,1-2H3. The van der Waals surface area contributed by atoms with Crippen molar-refractivity contribution in [1.82, 2.24) is 5.32 Å². The Morgan fingerprint density at radius 2 is 2.25 bits per heavy atom. The van der Waals surface area contributed by atoms with E-state index >= 15 is 0 Å². The number of aliphatic hydroxyl groups is 1. The molecule has 0 unspecified atom stereocenters. The molecule has 2 N–H and O–H groups in total. The first kappa shape index (κ1) is 14.2. The lowest BCUT2D eigenvalue weighted by molar-refractivity contribution is 0.236. The van der Waals surface area contributed by atoms with E-state index in [0.717, 1.165) is 25.9 Å². The van der Waals surface area contributed by atoms with Gasteiger partial charge >= 0.3 is 0 Å². The van der Waals surface area contributed by atoms with E-state index in [4.69, 9.17) is 5.11 Å². The molecule has 0 aliphatic rings. The number of rotatable bonds is 7. The zero-order valence-electron chi connectivity index (χ0n) is 9.92. The predicted molar refractivity (Wildman–Crippen MR) is 73.8 cm³/mol. The van der Waals surface area contributed by atoms with Crippen molar-refractivity contribution in [3.05, 3.63) is 20.8 Å². The fraction of sp³-hybridized carbons (Fsp3) is 0.667. The van der Waals surface area contributed by atoms with Crippen LogP contribution in [0.25, 0.3) is 0 Å². The van der Waals surface area contributed by atoms with Crippen molar-refractivity contribution >= 4 is 27.3 Å². The van der Waals surface area contributed by atoms with Crippen LogP contribution in [0.5, 0.6) is 0 Å². The lowest BCUT2D eigenvalue weighted by Crippen LogP contribution is -2.29. The summed E-state index contributed by atoms with van der Waals surface area (Å²) in [4.78, 5) is 0. The third-order valence-corrected chi connectivity index (χ3v) is 4.12. The quantitative estimate of drug-likeness (QED) is 0.809. The molecule has 1 aromatic rings. The maximum atomic E-state index is 8.81. The topological polar surface area (TPSA) is 32.3 Å². The van der Waals surface area contributed by atoms with Crippen molar-refractivity contribution in [3.8, 4) is 0 Å². The fourth-order valence-corrected chi connectivity index (χ4v) is 2.84. The number of thiophene rings is 1.